The SMILES string of the molecule is COC(=O)c1cc(-c2ncc(F)cc2OC(C)c2cc(F)cc(SC)c2)c(C)s1. The van der Waals surface area contributed by atoms with Gasteiger partial charge in [-0.05, 0) is 49.9 Å². The van der Waals surface area contributed by atoms with E-state index in [4.69, 9.17) is 9.47 Å². The highest BCUT2D eigenvalue weighted by Gasteiger charge is 2.20. The molecule has 152 valence electrons. The minimum atomic E-state index is -0.555. The molecule has 0 amide bonds. The largest absolute Gasteiger partial charge is 0.484 e. The number of ether oxygens (including phenoxy) is 2. The van der Waals surface area contributed by atoms with E-state index in [-0.39, 0.29) is 11.6 Å². The van der Waals surface area contributed by atoms with Crippen molar-refractivity contribution in [2.75, 3.05) is 13.4 Å². The van der Waals surface area contributed by atoms with Crippen molar-refractivity contribution in [1.82, 2.24) is 4.98 Å². The van der Waals surface area contributed by atoms with Crippen molar-refractivity contribution in [2.45, 2.75) is 24.8 Å². The molecule has 0 N–H and O–H groups in total. The number of halogens is 2. The van der Waals surface area contributed by atoms with Crippen molar-refractivity contribution in [3.05, 3.63) is 63.5 Å². The normalized spacial score (nSPS) is 11.9. The van der Waals surface area contributed by atoms with Crippen LogP contribution in [0.5, 0.6) is 5.75 Å². The van der Waals surface area contributed by atoms with Crippen LogP contribution in [0.3, 0.4) is 0 Å². The maximum absolute atomic E-state index is 13.9. The average molecular weight is 436 g/mol. The summed E-state index contributed by atoms with van der Waals surface area (Å²) in [5.74, 6) is -1.16. The molecule has 4 nitrogen and oxygen atoms in total. The lowest BCUT2D eigenvalue weighted by Crippen LogP contribution is -2.06. The summed E-state index contributed by atoms with van der Waals surface area (Å²) in [7, 11) is 1.31. The second-order valence-corrected chi connectivity index (χ2v) is 8.39. The number of benzene rings is 1. The van der Waals surface area contributed by atoms with Crippen molar-refractivity contribution in [2.24, 2.45) is 0 Å². The number of aryl methyl sites for hydroxylation is 1. The number of thioether (sulfide) groups is 1. The fourth-order valence-corrected chi connectivity index (χ4v) is 4.25. The topological polar surface area (TPSA) is 48.4 Å². The lowest BCUT2D eigenvalue weighted by atomic mass is 10.1. The number of thiophene rings is 1. The van der Waals surface area contributed by atoms with Crippen LogP contribution >= 0.6 is 23.1 Å². The number of pyridine rings is 1. The van der Waals surface area contributed by atoms with Gasteiger partial charge in [-0.1, -0.05) is 0 Å². The third-order valence-electron chi connectivity index (χ3n) is 4.28. The molecule has 0 spiro atoms. The minimum Gasteiger partial charge on any atom is -0.484 e. The third-order valence-corrected chi connectivity index (χ3v) is 6.02. The van der Waals surface area contributed by atoms with Crippen LogP contribution in [0.1, 0.15) is 33.1 Å². The molecule has 3 aromatic rings. The van der Waals surface area contributed by atoms with Crippen molar-refractivity contribution in [3.63, 3.8) is 0 Å². The number of nitrogens with zero attached hydrogens (tertiary/aromatic N) is 1. The molecule has 1 aromatic carbocycles. The van der Waals surface area contributed by atoms with Gasteiger partial charge in [-0.25, -0.2) is 18.6 Å². The fraction of sp³-hybridized carbons (Fsp3) is 0.238. The summed E-state index contributed by atoms with van der Waals surface area (Å²) >= 11 is 2.68. The van der Waals surface area contributed by atoms with Crippen LogP contribution in [-0.2, 0) is 4.74 Å². The molecule has 0 radical (unpaired) electrons. The highest BCUT2D eigenvalue weighted by molar-refractivity contribution is 7.98. The summed E-state index contributed by atoms with van der Waals surface area (Å²) in [6, 6.07) is 7.55. The Balaban J connectivity index is 1.99. The molecule has 1 unspecified atom stereocenters. The predicted octanol–water partition coefficient (Wildman–Crippen LogP) is 6.05. The van der Waals surface area contributed by atoms with E-state index in [1.54, 1.807) is 13.0 Å². The van der Waals surface area contributed by atoms with Gasteiger partial charge in [-0.2, -0.15) is 0 Å². The van der Waals surface area contributed by atoms with Gasteiger partial charge < -0.3 is 9.47 Å². The number of hydrogen-bond donors (Lipinski definition) is 0. The predicted molar refractivity (Wildman–Crippen MR) is 111 cm³/mol. The molecule has 8 heteroatoms. The quantitative estimate of drug-likeness (QED) is 0.349. The van der Waals surface area contributed by atoms with Gasteiger partial charge >= 0.3 is 5.97 Å². The first-order valence-electron chi connectivity index (χ1n) is 8.68. The standard InChI is InChI=1S/C21H19F2NO3S2/c1-11(13-5-14(22)7-16(6-13)28-4)27-18-8-15(23)10-24-20(18)17-9-19(21(25)26-3)29-12(17)2/h5-11H,1-4H3. The van der Waals surface area contributed by atoms with E-state index in [1.807, 2.05) is 19.2 Å². The smallest absolute Gasteiger partial charge is 0.348 e. The van der Waals surface area contributed by atoms with E-state index in [1.165, 1.54) is 48.4 Å². The van der Waals surface area contributed by atoms with E-state index < -0.39 is 17.9 Å². The summed E-state index contributed by atoms with van der Waals surface area (Å²) in [6.45, 7) is 3.59. The first-order valence-corrected chi connectivity index (χ1v) is 10.7. The summed E-state index contributed by atoms with van der Waals surface area (Å²) in [6.07, 6.45) is 2.41. The highest BCUT2D eigenvalue weighted by atomic mass is 32.2. The molecule has 0 fully saturated rings. The average Bonchev–Trinajstić information content (AvgIpc) is 3.08. The van der Waals surface area contributed by atoms with Crippen molar-refractivity contribution in [3.8, 4) is 17.0 Å². The number of esters is 1. The third kappa shape index (κ3) is 4.76. The van der Waals surface area contributed by atoms with Gasteiger partial charge in [0, 0.05) is 21.4 Å². The van der Waals surface area contributed by atoms with Crippen LogP contribution in [-0.4, -0.2) is 24.3 Å². The highest BCUT2D eigenvalue weighted by Crippen LogP contribution is 2.37. The molecule has 0 saturated carbocycles. The molecule has 2 aromatic heterocycles. The summed E-state index contributed by atoms with van der Waals surface area (Å²) in [5.41, 5.74) is 1.69. The number of aromatic nitrogens is 1. The van der Waals surface area contributed by atoms with E-state index >= 15 is 0 Å². The number of carbonyl (C=O) groups excluding carboxylic acids is 1. The lowest BCUT2D eigenvalue weighted by Gasteiger charge is -2.18. The van der Waals surface area contributed by atoms with E-state index in [0.29, 0.717) is 21.7 Å². The number of methoxy groups -OCH3 is 1. The second-order valence-electron chi connectivity index (χ2n) is 6.26. The molecular formula is C21H19F2NO3S2. The number of hydrogen-bond acceptors (Lipinski definition) is 6. The Morgan fingerprint density at radius 3 is 2.62 bits per heavy atom. The molecule has 2 heterocycles. The van der Waals surface area contributed by atoms with E-state index in [0.717, 1.165) is 16.0 Å². The molecule has 1 atom stereocenters. The first-order chi connectivity index (χ1) is 13.8. The Kier molecular flexibility index (Phi) is 6.54. The summed E-state index contributed by atoms with van der Waals surface area (Å²) in [5, 5.41) is 0. The maximum atomic E-state index is 13.9. The molecule has 0 saturated heterocycles. The van der Waals surface area contributed by atoms with Gasteiger partial charge in [0.05, 0.1) is 13.3 Å². The second kappa shape index (κ2) is 8.92. The van der Waals surface area contributed by atoms with E-state index in [2.05, 4.69) is 4.98 Å². The summed E-state index contributed by atoms with van der Waals surface area (Å²) in [4.78, 5) is 18.0. The van der Waals surface area contributed by atoms with Crippen LogP contribution in [0, 0.1) is 18.6 Å². The summed E-state index contributed by atoms with van der Waals surface area (Å²) < 4.78 is 38.6. The molecule has 0 aliphatic carbocycles. The molecule has 29 heavy (non-hydrogen) atoms. The number of carbonyl (C=O) groups is 1. The fourth-order valence-electron chi connectivity index (χ4n) is 2.83. The van der Waals surface area contributed by atoms with Gasteiger partial charge in [-0.3, -0.25) is 0 Å². The van der Waals surface area contributed by atoms with Crippen LogP contribution in [0.15, 0.2) is 41.4 Å². The van der Waals surface area contributed by atoms with Crippen molar-refractivity contribution in [1.29, 1.82) is 0 Å². The van der Waals surface area contributed by atoms with Crippen LogP contribution in [0.25, 0.3) is 11.3 Å². The Morgan fingerprint density at radius 2 is 1.93 bits per heavy atom. The maximum Gasteiger partial charge on any atom is 0.348 e. The Bertz CT molecular complexity index is 1050. The van der Waals surface area contributed by atoms with Crippen LogP contribution in [0.4, 0.5) is 8.78 Å². The monoisotopic (exact) mass is 435 g/mol. The van der Waals surface area contributed by atoms with Gasteiger partial charge in [-0.15, -0.1) is 23.1 Å². The molecular weight excluding hydrogens is 416 g/mol. The molecule has 0 aliphatic heterocycles. The molecule has 0 bridgehead atoms. The van der Waals surface area contributed by atoms with Crippen LogP contribution in [0.2, 0.25) is 0 Å². The lowest BCUT2D eigenvalue weighted by molar-refractivity contribution is 0.0606. The Labute approximate surface area is 175 Å². The zero-order valence-corrected chi connectivity index (χ0v) is 17.9. The van der Waals surface area contributed by atoms with Gasteiger partial charge in [0.1, 0.15) is 34.1 Å². The Morgan fingerprint density at radius 1 is 1.17 bits per heavy atom. The van der Waals surface area contributed by atoms with Gasteiger partial charge in [0.25, 0.3) is 0 Å². The molecule has 3 rings (SSSR count). The van der Waals surface area contributed by atoms with E-state index in [9.17, 15) is 13.6 Å². The zero-order chi connectivity index (χ0) is 21.1. The zero-order valence-electron chi connectivity index (χ0n) is 16.3. The van der Waals surface area contributed by atoms with Crippen molar-refractivity contribution >= 4 is 29.1 Å². The van der Waals surface area contributed by atoms with Crippen LogP contribution < -0.4 is 4.74 Å². The van der Waals surface area contributed by atoms with Gasteiger partial charge in [0.15, 0.2) is 0 Å². The Hall–Kier alpha value is -2.45. The van der Waals surface area contributed by atoms with Gasteiger partial charge in [0.2, 0.25) is 0 Å². The van der Waals surface area contributed by atoms with Crippen molar-refractivity contribution < 1.29 is 23.0 Å². The first kappa shape index (κ1) is 21.3. The number of rotatable bonds is 6. The molecule has 0 aliphatic rings. The minimum absolute atomic E-state index is 0.213.